The number of hydrogen-bond donors (Lipinski definition) is 0. The van der Waals surface area contributed by atoms with Crippen molar-refractivity contribution in [3.8, 4) is 0 Å². The van der Waals surface area contributed by atoms with Gasteiger partial charge in [-0.05, 0) is 11.1 Å². The molecule has 1 aromatic rings. The molecule has 0 bridgehead atoms. The zero-order valence-corrected chi connectivity index (χ0v) is 9.87. The van der Waals surface area contributed by atoms with E-state index in [4.69, 9.17) is 9.05 Å². The lowest BCUT2D eigenvalue weighted by atomic mass is 10.1. The van der Waals surface area contributed by atoms with Crippen LogP contribution in [0.1, 0.15) is 11.1 Å². The molecule has 0 radical (unpaired) electrons. The van der Waals surface area contributed by atoms with E-state index in [1.165, 1.54) is 14.2 Å². The van der Waals surface area contributed by atoms with E-state index in [0.717, 1.165) is 11.1 Å². The van der Waals surface area contributed by atoms with Gasteiger partial charge in [-0.25, -0.2) is 0 Å². The maximum absolute atomic E-state index is 11.8. The molecule has 0 aliphatic carbocycles. The lowest BCUT2D eigenvalue weighted by molar-refractivity contribution is 0.275. The van der Waals surface area contributed by atoms with Gasteiger partial charge in [0.1, 0.15) is 0 Å². The van der Waals surface area contributed by atoms with Crippen molar-refractivity contribution in [2.45, 2.75) is 6.16 Å². The smallest absolute Gasteiger partial charge is 0.312 e. The molecule has 0 saturated heterocycles. The molecule has 0 saturated carbocycles. The molecule has 4 heteroatoms. The standard InChI is InChI=1S/C11H15O3P/c1-4-10-6-5-7-11(8-10)9-15(12,13-2)14-3/h4-8H,1,9H2,2-3H3. The molecule has 0 aliphatic heterocycles. The van der Waals surface area contributed by atoms with E-state index in [-0.39, 0.29) is 6.16 Å². The van der Waals surface area contributed by atoms with Crippen LogP contribution in [-0.4, -0.2) is 14.2 Å². The van der Waals surface area contributed by atoms with Gasteiger partial charge in [0.25, 0.3) is 0 Å². The van der Waals surface area contributed by atoms with Crippen molar-refractivity contribution in [1.82, 2.24) is 0 Å². The van der Waals surface area contributed by atoms with Crippen LogP contribution in [0.15, 0.2) is 30.8 Å². The van der Waals surface area contributed by atoms with E-state index in [9.17, 15) is 4.57 Å². The van der Waals surface area contributed by atoms with Crippen LogP contribution in [0.3, 0.4) is 0 Å². The second-order valence-electron chi connectivity index (χ2n) is 3.08. The quantitative estimate of drug-likeness (QED) is 0.722. The largest absolute Gasteiger partial charge is 0.334 e. The van der Waals surface area contributed by atoms with Gasteiger partial charge in [0.2, 0.25) is 0 Å². The van der Waals surface area contributed by atoms with Gasteiger partial charge in [0, 0.05) is 14.2 Å². The Labute approximate surface area is 90.3 Å². The van der Waals surface area contributed by atoms with Crippen LogP contribution in [0, 0.1) is 0 Å². The molecule has 0 fully saturated rings. The van der Waals surface area contributed by atoms with Crippen LogP contribution in [0.4, 0.5) is 0 Å². The lowest BCUT2D eigenvalue weighted by Gasteiger charge is -2.13. The molecule has 1 rings (SSSR count). The zero-order valence-electron chi connectivity index (χ0n) is 8.97. The van der Waals surface area contributed by atoms with Crippen LogP contribution >= 0.6 is 7.60 Å². The van der Waals surface area contributed by atoms with E-state index in [0.29, 0.717) is 0 Å². The van der Waals surface area contributed by atoms with Crippen LogP contribution in [0.2, 0.25) is 0 Å². The fourth-order valence-corrected chi connectivity index (χ4v) is 2.30. The van der Waals surface area contributed by atoms with Crippen molar-refractivity contribution in [3.05, 3.63) is 42.0 Å². The third kappa shape index (κ3) is 3.31. The van der Waals surface area contributed by atoms with Gasteiger partial charge in [-0.15, -0.1) is 0 Å². The fraction of sp³-hybridized carbons (Fsp3) is 0.273. The second kappa shape index (κ2) is 5.26. The molecule has 1 aromatic carbocycles. The van der Waals surface area contributed by atoms with Crippen molar-refractivity contribution in [3.63, 3.8) is 0 Å². The van der Waals surface area contributed by atoms with E-state index in [1.807, 2.05) is 24.3 Å². The Morgan fingerprint density at radius 2 is 2.07 bits per heavy atom. The molecule has 0 amide bonds. The molecule has 0 aromatic heterocycles. The molecule has 15 heavy (non-hydrogen) atoms. The average Bonchev–Trinajstić information content (AvgIpc) is 2.29. The van der Waals surface area contributed by atoms with E-state index in [2.05, 4.69) is 6.58 Å². The maximum atomic E-state index is 11.8. The Bertz CT molecular complexity index is 379. The highest BCUT2D eigenvalue weighted by molar-refractivity contribution is 7.52. The minimum atomic E-state index is -2.97. The Balaban J connectivity index is 2.88. The fourth-order valence-electron chi connectivity index (χ4n) is 1.25. The highest BCUT2D eigenvalue weighted by Crippen LogP contribution is 2.49. The topological polar surface area (TPSA) is 35.5 Å². The summed E-state index contributed by atoms with van der Waals surface area (Å²) in [6, 6.07) is 7.62. The molecule has 82 valence electrons. The summed E-state index contributed by atoms with van der Waals surface area (Å²) in [7, 11) is -0.187. The summed E-state index contributed by atoms with van der Waals surface area (Å²) in [5, 5.41) is 0. The Morgan fingerprint density at radius 1 is 1.40 bits per heavy atom. The Morgan fingerprint density at radius 3 is 2.60 bits per heavy atom. The molecule has 0 spiro atoms. The number of benzene rings is 1. The van der Waals surface area contributed by atoms with E-state index < -0.39 is 7.60 Å². The molecule has 0 unspecified atom stereocenters. The summed E-state index contributed by atoms with van der Waals surface area (Å²) in [5.74, 6) is 0. The van der Waals surface area contributed by atoms with Crippen molar-refractivity contribution in [2.24, 2.45) is 0 Å². The number of hydrogen-bond acceptors (Lipinski definition) is 3. The first-order valence-electron chi connectivity index (χ1n) is 4.55. The molecule has 0 atom stereocenters. The van der Waals surface area contributed by atoms with Gasteiger partial charge >= 0.3 is 7.60 Å². The summed E-state index contributed by atoms with van der Waals surface area (Å²) in [4.78, 5) is 0. The third-order valence-electron chi connectivity index (χ3n) is 2.12. The minimum Gasteiger partial charge on any atom is -0.312 e. The summed E-state index contributed by atoms with van der Waals surface area (Å²) in [5.41, 5.74) is 1.91. The Kier molecular flexibility index (Phi) is 4.28. The highest BCUT2D eigenvalue weighted by atomic mass is 31.2. The third-order valence-corrected chi connectivity index (χ3v) is 3.98. The summed E-state index contributed by atoms with van der Waals surface area (Å²) in [6.45, 7) is 3.68. The summed E-state index contributed by atoms with van der Waals surface area (Å²) < 4.78 is 21.6. The number of rotatable bonds is 5. The zero-order chi connectivity index (χ0) is 11.3. The van der Waals surface area contributed by atoms with Gasteiger partial charge < -0.3 is 9.05 Å². The molecule has 0 aliphatic rings. The molecule has 0 N–H and O–H groups in total. The normalized spacial score (nSPS) is 11.3. The first kappa shape index (κ1) is 12.2. The van der Waals surface area contributed by atoms with Crippen LogP contribution < -0.4 is 0 Å². The first-order chi connectivity index (χ1) is 7.13. The van der Waals surface area contributed by atoms with Crippen molar-refractivity contribution in [1.29, 1.82) is 0 Å². The second-order valence-corrected chi connectivity index (χ2v) is 5.35. The van der Waals surface area contributed by atoms with Gasteiger partial charge in [-0.3, -0.25) is 4.57 Å². The van der Waals surface area contributed by atoms with E-state index in [1.54, 1.807) is 6.08 Å². The van der Waals surface area contributed by atoms with Crippen molar-refractivity contribution < 1.29 is 13.6 Å². The molecule has 3 nitrogen and oxygen atoms in total. The maximum Gasteiger partial charge on any atom is 0.334 e. The first-order valence-corrected chi connectivity index (χ1v) is 6.28. The molecular weight excluding hydrogens is 211 g/mol. The predicted molar refractivity (Wildman–Crippen MR) is 61.9 cm³/mol. The molecular formula is C11H15O3P. The summed E-state index contributed by atoms with van der Waals surface area (Å²) in [6.07, 6.45) is 2.02. The van der Waals surface area contributed by atoms with Crippen molar-refractivity contribution >= 4 is 13.7 Å². The predicted octanol–water partition coefficient (Wildman–Crippen LogP) is 3.32. The SMILES string of the molecule is C=Cc1cccc(CP(=O)(OC)OC)c1. The van der Waals surface area contributed by atoms with Crippen LogP contribution in [-0.2, 0) is 19.8 Å². The van der Waals surface area contributed by atoms with Gasteiger partial charge in [0.05, 0.1) is 6.16 Å². The Hall–Kier alpha value is -0.890. The van der Waals surface area contributed by atoms with Crippen molar-refractivity contribution in [2.75, 3.05) is 14.2 Å². The molecule has 0 heterocycles. The average molecular weight is 226 g/mol. The van der Waals surface area contributed by atoms with Crippen LogP contribution in [0.5, 0.6) is 0 Å². The lowest BCUT2D eigenvalue weighted by Crippen LogP contribution is -1.93. The highest BCUT2D eigenvalue weighted by Gasteiger charge is 2.21. The van der Waals surface area contributed by atoms with Crippen LogP contribution in [0.25, 0.3) is 6.08 Å². The van der Waals surface area contributed by atoms with Gasteiger partial charge in [0.15, 0.2) is 0 Å². The van der Waals surface area contributed by atoms with Gasteiger partial charge in [-0.2, -0.15) is 0 Å². The van der Waals surface area contributed by atoms with Gasteiger partial charge in [-0.1, -0.05) is 36.9 Å². The van der Waals surface area contributed by atoms with E-state index >= 15 is 0 Å². The monoisotopic (exact) mass is 226 g/mol. The minimum absolute atomic E-state index is 0.279. The summed E-state index contributed by atoms with van der Waals surface area (Å²) >= 11 is 0.